The third-order valence-electron chi connectivity index (χ3n) is 4.79. The summed E-state index contributed by atoms with van der Waals surface area (Å²) in [4.78, 5) is 18.8. The zero-order valence-corrected chi connectivity index (χ0v) is 15.0. The Kier molecular flexibility index (Phi) is 6.17. The smallest absolute Gasteiger partial charge is 0.176 e. The predicted molar refractivity (Wildman–Crippen MR) is 99.2 cm³/mol. The molecule has 1 saturated heterocycles. The number of Topliss-reactive ketones (excluding diaryl/α,β-unsaturated/α-hetero) is 1. The Bertz CT molecular complexity index is 728. The molecular formula is C20H24FN3O2. The van der Waals surface area contributed by atoms with Crippen LogP contribution >= 0.6 is 0 Å². The standard InChI is InChI=1S/C20H24FN3O2/c1-26-19-3-2-10-22-20(19)23-13-15-8-11-24(12-9-15)14-18(25)16-4-6-17(21)7-5-16/h2-7,10,15H,8-9,11-14H2,1H3,(H,22,23). The Morgan fingerprint density at radius 2 is 2.00 bits per heavy atom. The first-order valence-corrected chi connectivity index (χ1v) is 8.89. The number of carbonyl (C=O) groups is 1. The summed E-state index contributed by atoms with van der Waals surface area (Å²) in [6.45, 7) is 3.00. The number of rotatable bonds is 7. The van der Waals surface area contributed by atoms with Gasteiger partial charge in [0.05, 0.1) is 13.7 Å². The lowest BCUT2D eigenvalue weighted by atomic mass is 9.96. The van der Waals surface area contributed by atoms with E-state index in [1.54, 1.807) is 25.4 Å². The monoisotopic (exact) mass is 357 g/mol. The summed E-state index contributed by atoms with van der Waals surface area (Å²) in [6.07, 6.45) is 3.80. The number of hydrogen-bond donors (Lipinski definition) is 1. The minimum atomic E-state index is -0.320. The maximum absolute atomic E-state index is 13.0. The summed E-state index contributed by atoms with van der Waals surface area (Å²) in [7, 11) is 1.64. The molecule has 2 aromatic rings. The lowest BCUT2D eigenvalue weighted by Gasteiger charge is -2.31. The highest BCUT2D eigenvalue weighted by molar-refractivity contribution is 5.97. The van der Waals surface area contributed by atoms with E-state index in [0.29, 0.717) is 18.0 Å². The lowest BCUT2D eigenvalue weighted by molar-refractivity contribution is 0.0898. The highest BCUT2D eigenvalue weighted by Gasteiger charge is 2.21. The number of ether oxygens (including phenoxy) is 1. The van der Waals surface area contributed by atoms with E-state index >= 15 is 0 Å². The van der Waals surface area contributed by atoms with Gasteiger partial charge in [0.15, 0.2) is 17.4 Å². The number of benzene rings is 1. The van der Waals surface area contributed by atoms with E-state index in [0.717, 1.165) is 44.0 Å². The Morgan fingerprint density at radius 1 is 1.27 bits per heavy atom. The molecule has 2 heterocycles. The lowest BCUT2D eigenvalue weighted by Crippen LogP contribution is -2.39. The van der Waals surface area contributed by atoms with E-state index in [-0.39, 0.29) is 11.6 Å². The molecular weight excluding hydrogens is 333 g/mol. The minimum Gasteiger partial charge on any atom is -0.493 e. The predicted octanol–water partition coefficient (Wildman–Crippen LogP) is 3.24. The van der Waals surface area contributed by atoms with Gasteiger partial charge in [0.1, 0.15) is 5.82 Å². The molecule has 0 amide bonds. The molecule has 0 bridgehead atoms. The Hall–Kier alpha value is -2.47. The molecule has 1 N–H and O–H groups in total. The number of carbonyl (C=O) groups excluding carboxylic acids is 1. The molecule has 0 unspecified atom stereocenters. The van der Waals surface area contributed by atoms with Gasteiger partial charge in [0, 0.05) is 18.3 Å². The van der Waals surface area contributed by atoms with Gasteiger partial charge >= 0.3 is 0 Å². The molecule has 138 valence electrons. The topological polar surface area (TPSA) is 54.5 Å². The molecule has 1 aliphatic heterocycles. The van der Waals surface area contributed by atoms with Crippen molar-refractivity contribution in [2.75, 3.05) is 38.6 Å². The van der Waals surface area contributed by atoms with E-state index < -0.39 is 0 Å². The van der Waals surface area contributed by atoms with Gasteiger partial charge in [-0.25, -0.2) is 9.37 Å². The van der Waals surface area contributed by atoms with Crippen LogP contribution in [-0.4, -0.2) is 49.0 Å². The van der Waals surface area contributed by atoms with Gasteiger partial charge in [-0.1, -0.05) is 0 Å². The van der Waals surface area contributed by atoms with E-state index in [2.05, 4.69) is 15.2 Å². The quantitative estimate of drug-likeness (QED) is 0.771. The van der Waals surface area contributed by atoms with E-state index in [9.17, 15) is 9.18 Å². The summed E-state index contributed by atoms with van der Waals surface area (Å²) >= 11 is 0. The van der Waals surface area contributed by atoms with Crippen LogP contribution in [0.25, 0.3) is 0 Å². The molecule has 1 aromatic heterocycles. The molecule has 0 spiro atoms. The Labute approximate surface area is 153 Å². The minimum absolute atomic E-state index is 0.0415. The third-order valence-corrected chi connectivity index (χ3v) is 4.79. The average molecular weight is 357 g/mol. The number of nitrogens with zero attached hydrogens (tertiary/aromatic N) is 2. The van der Waals surface area contributed by atoms with Crippen molar-refractivity contribution >= 4 is 11.6 Å². The second-order valence-corrected chi connectivity index (χ2v) is 6.58. The van der Waals surface area contributed by atoms with Gasteiger partial charge in [-0.3, -0.25) is 9.69 Å². The first-order valence-electron chi connectivity index (χ1n) is 8.89. The third kappa shape index (κ3) is 4.79. The summed E-state index contributed by atoms with van der Waals surface area (Å²) in [6, 6.07) is 9.50. The van der Waals surface area contributed by atoms with Crippen molar-refractivity contribution in [2.24, 2.45) is 5.92 Å². The Morgan fingerprint density at radius 3 is 2.69 bits per heavy atom. The molecule has 1 fully saturated rings. The molecule has 6 heteroatoms. The molecule has 3 rings (SSSR count). The number of methoxy groups -OCH3 is 1. The maximum atomic E-state index is 13.0. The van der Waals surface area contributed by atoms with Crippen LogP contribution in [0.3, 0.4) is 0 Å². The fourth-order valence-electron chi connectivity index (χ4n) is 3.21. The zero-order chi connectivity index (χ0) is 18.4. The van der Waals surface area contributed by atoms with Crippen molar-refractivity contribution in [1.82, 2.24) is 9.88 Å². The summed E-state index contributed by atoms with van der Waals surface area (Å²) in [5.41, 5.74) is 0.567. The number of hydrogen-bond acceptors (Lipinski definition) is 5. The number of nitrogens with one attached hydrogen (secondary N) is 1. The average Bonchev–Trinajstić information content (AvgIpc) is 2.68. The van der Waals surface area contributed by atoms with Gasteiger partial charge in [-0.15, -0.1) is 0 Å². The fraction of sp³-hybridized carbons (Fsp3) is 0.400. The number of piperidine rings is 1. The fourth-order valence-corrected chi connectivity index (χ4v) is 3.21. The van der Waals surface area contributed by atoms with Gasteiger partial charge in [0.2, 0.25) is 0 Å². The molecule has 0 aliphatic carbocycles. The van der Waals surface area contributed by atoms with Crippen LogP contribution in [0.2, 0.25) is 0 Å². The Balaban J connectivity index is 1.44. The van der Waals surface area contributed by atoms with Crippen molar-refractivity contribution in [1.29, 1.82) is 0 Å². The number of pyridine rings is 1. The van der Waals surface area contributed by atoms with Gasteiger partial charge in [0.25, 0.3) is 0 Å². The van der Waals surface area contributed by atoms with Crippen molar-refractivity contribution < 1.29 is 13.9 Å². The number of aromatic nitrogens is 1. The number of halogens is 1. The number of likely N-dealkylation sites (tertiary alicyclic amines) is 1. The summed E-state index contributed by atoms with van der Waals surface area (Å²) in [5.74, 6) is 1.77. The van der Waals surface area contributed by atoms with Gasteiger partial charge < -0.3 is 10.1 Å². The molecule has 26 heavy (non-hydrogen) atoms. The van der Waals surface area contributed by atoms with Crippen molar-refractivity contribution in [3.63, 3.8) is 0 Å². The molecule has 1 aromatic carbocycles. The van der Waals surface area contributed by atoms with Crippen LogP contribution in [0.15, 0.2) is 42.6 Å². The summed E-state index contributed by atoms with van der Waals surface area (Å²) < 4.78 is 18.3. The van der Waals surface area contributed by atoms with Crippen LogP contribution in [0.4, 0.5) is 10.2 Å². The maximum Gasteiger partial charge on any atom is 0.176 e. The first kappa shape index (κ1) is 18.3. The molecule has 0 saturated carbocycles. The van der Waals surface area contributed by atoms with Gasteiger partial charge in [-0.2, -0.15) is 0 Å². The van der Waals surface area contributed by atoms with Crippen molar-refractivity contribution in [3.05, 3.63) is 54.0 Å². The second kappa shape index (κ2) is 8.76. The molecule has 0 radical (unpaired) electrons. The summed E-state index contributed by atoms with van der Waals surface area (Å²) in [5, 5.41) is 3.36. The van der Waals surface area contributed by atoms with Crippen LogP contribution in [0.5, 0.6) is 5.75 Å². The number of ketones is 1. The van der Waals surface area contributed by atoms with Crippen molar-refractivity contribution in [3.8, 4) is 5.75 Å². The van der Waals surface area contributed by atoms with Crippen LogP contribution in [-0.2, 0) is 0 Å². The molecule has 1 aliphatic rings. The first-order chi connectivity index (χ1) is 12.7. The van der Waals surface area contributed by atoms with E-state index in [1.807, 2.05) is 12.1 Å². The second-order valence-electron chi connectivity index (χ2n) is 6.58. The highest BCUT2D eigenvalue weighted by atomic mass is 19.1. The van der Waals surface area contributed by atoms with Crippen molar-refractivity contribution in [2.45, 2.75) is 12.8 Å². The molecule has 0 atom stereocenters. The van der Waals surface area contributed by atoms with Crippen LogP contribution in [0.1, 0.15) is 23.2 Å². The van der Waals surface area contributed by atoms with Crippen LogP contribution in [0, 0.1) is 11.7 Å². The SMILES string of the molecule is COc1cccnc1NCC1CCN(CC(=O)c2ccc(F)cc2)CC1. The normalized spacial score (nSPS) is 15.6. The largest absolute Gasteiger partial charge is 0.493 e. The highest BCUT2D eigenvalue weighted by Crippen LogP contribution is 2.23. The van der Waals surface area contributed by atoms with Crippen LogP contribution < -0.4 is 10.1 Å². The van der Waals surface area contributed by atoms with E-state index in [1.165, 1.54) is 12.1 Å². The zero-order valence-electron chi connectivity index (χ0n) is 15.0. The molecule has 5 nitrogen and oxygen atoms in total. The number of anilines is 1. The van der Waals surface area contributed by atoms with Gasteiger partial charge in [-0.05, 0) is 68.2 Å². The van der Waals surface area contributed by atoms with E-state index in [4.69, 9.17) is 4.74 Å².